The van der Waals surface area contributed by atoms with Gasteiger partial charge in [-0.1, -0.05) is 13.8 Å². The van der Waals surface area contributed by atoms with Gasteiger partial charge in [-0.15, -0.1) is 10.8 Å². The Morgan fingerprint density at radius 2 is 2.15 bits per heavy atom. The Kier molecular flexibility index (Phi) is 4.55. The van der Waals surface area contributed by atoms with E-state index in [1.165, 1.54) is 12.1 Å². The van der Waals surface area contributed by atoms with Crippen molar-refractivity contribution in [2.45, 2.75) is 44.9 Å². The second-order valence-electron chi connectivity index (χ2n) is 5.43. The minimum atomic E-state index is -1.99. The Hall–Kier alpha value is -1.27. The third kappa shape index (κ3) is 3.64. The van der Waals surface area contributed by atoms with E-state index in [2.05, 4.69) is 4.36 Å². The highest BCUT2D eigenvalue weighted by Crippen LogP contribution is 2.43. The Bertz CT molecular complexity index is 595. The predicted octanol–water partition coefficient (Wildman–Crippen LogP) is 2.92. The molecule has 0 atom stereocenters. The number of carbonyl (C=O) groups is 1. The SMILES string of the molecule is CC(C)c1cc(F)cc(C2CC2)c1CC(=O)N=[S-](N)=O. The van der Waals surface area contributed by atoms with E-state index >= 15 is 0 Å². The molecule has 1 aliphatic rings. The lowest BCUT2D eigenvalue weighted by Gasteiger charge is -2.17. The molecule has 0 heterocycles. The van der Waals surface area contributed by atoms with Gasteiger partial charge in [0.25, 0.3) is 0 Å². The number of hydrogen-bond donors (Lipinski definition) is 1. The zero-order valence-electron chi connectivity index (χ0n) is 11.6. The van der Waals surface area contributed by atoms with E-state index in [1.807, 2.05) is 13.8 Å². The van der Waals surface area contributed by atoms with E-state index in [-0.39, 0.29) is 18.2 Å². The first-order valence-corrected chi connectivity index (χ1v) is 7.78. The maximum absolute atomic E-state index is 13.7. The number of hydrogen-bond acceptors (Lipinski definition) is 3. The van der Waals surface area contributed by atoms with Gasteiger partial charge in [-0.25, -0.2) is 4.39 Å². The molecule has 1 amide bonds. The largest absolute Gasteiger partial charge is 0.430 e. The molecule has 1 saturated carbocycles. The molecule has 2 N–H and O–H groups in total. The van der Waals surface area contributed by atoms with Gasteiger partial charge in [0, 0.05) is 0 Å². The number of carbonyl (C=O) groups excluding carboxylic acids is 1. The van der Waals surface area contributed by atoms with Crippen molar-refractivity contribution in [1.82, 2.24) is 0 Å². The standard InChI is InChI=1S/C14H18FN2O2S/c1-8(2)11-5-10(15)6-12(9-3-4-9)13(11)7-14(18)17-20(16)19/h5-6,8-9H,3-4,7H2,1-2H3,(H2,16,17,18,19)/q-1. The van der Waals surface area contributed by atoms with Gasteiger partial charge in [0.1, 0.15) is 5.82 Å². The lowest BCUT2D eigenvalue weighted by Crippen LogP contribution is -2.09. The number of amides is 1. The number of nitrogens with two attached hydrogens (primary N) is 1. The van der Waals surface area contributed by atoms with Gasteiger partial charge in [0.05, 0.1) is 6.42 Å². The molecule has 6 heteroatoms. The fourth-order valence-corrected chi connectivity index (χ4v) is 2.71. The number of rotatable bonds is 4. The number of benzene rings is 1. The molecule has 0 unspecified atom stereocenters. The first kappa shape index (κ1) is 15.1. The Balaban J connectivity index is 2.45. The van der Waals surface area contributed by atoms with Gasteiger partial charge in [-0.05, 0) is 53.5 Å². The summed E-state index contributed by atoms with van der Waals surface area (Å²) in [6.45, 7) is 3.91. The van der Waals surface area contributed by atoms with Crippen LogP contribution in [-0.2, 0) is 26.2 Å². The van der Waals surface area contributed by atoms with Crippen molar-refractivity contribution in [3.05, 3.63) is 34.6 Å². The van der Waals surface area contributed by atoms with Crippen LogP contribution >= 0.6 is 0 Å². The average molecular weight is 297 g/mol. The molecule has 0 saturated heterocycles. The van der Waals surface area contributed by atoms with E-state index < -0.39 is 16.7 Å². The molecule has 110 valence electrons. The van der Waals surface area contributed by atoms with Crippen LogP contribution in [0.3, 0.4) is 0 Å². The van der Waals surface area contributed by atoms with Gasteiger partial charge in [-0.3, -0.25) is 4.79 Å². The maximum Gasteiger partial charge on any atom is 0.228 e. The van der Waals surface area contributed by atoms with Crippen LogP contribution in [0.15, 0.2) is 16.5 Å². The van der Waals surface area contributed by atoms with Crippen molar-refractivity contribution in [3.8, 4) is 0 Å². The number of nitrogens with zero attached hydrogens (tertiary/aromatic N) is 1. The summed E-state index contributed by atoms with van der Waals surface area (Å²) < 4.78 is 27.9. The summed E-state index contributed by atoms with van der Waals surface area (Å²) in [5.41, 5.74) is 2.53. The third-order valence-electron chi connectivity index (χ3n) is 3.44. The van der Waals surface area contributed by atoms with Crippen LogP contribution in [-0.4, -0.2) is 5.91 Å². The smallest absolute Gasteiger partial charge is 0.228 e. The average Bonchev–Trinajstić information content (AvgIpc) is 3.13. The minimum absolute atomic E-state index is 0.0303. The van der Waals surface area contributed by atoms with Crippen molar-refractivity contribution in [2.24, 2.45) is 9.50 Å². The van der Waals surface area contributed by atoms with Crippen molar-refractivity contribution in [2.75, 3.05) is 0 Å². The molecule has 0 radical (unpaired) electrons. The van der Waals surface area contributed by atoms with E-state index in [0.29, 0.717) is 5.92 Å². The highest BCUT2D eigenvalue weighted by atomic mass is 32.2. The molecule has 0 aromatic heterocycles. The van der Waals surface area contributed by atoms with Crippen molar-refractivity contribution in [1.29, 1.82) is 0 Å². The van der Waals surface area contributed by atoms with Crippen LogP contribution in [0.5, 0.6) is 0 Å². The number of halogens is 1. The summed E-state index contributed by atoms with van der Waals surface area (Å²) in [5, 5.41) is 5.00. The van der Waals surface area contributed by atoms with Crippen LogP contribution in [0.1, 0.15) is 55.2 Å². The van der Waals surface area contributed by atoms with Gasteiger partial charge >= 0.3 is 0 Å². The van der Waals surface area contributed by atoms with Crippen molar-refractivity contribution in [3.63, 3.8) is 0 Å². The summed E-state index contributed by atoms with van der Waals surface area (Å²) in [6.07, 6.45) is 2.06. The molecule has 0 spiro atoms. The normalized spacial score (nSPS) is 16.6. The lowest BCUT2D eigenvalue weighted by atomic mass is 9.89. The van der Waals surface area contributed by atoms with Crippen LogP contribution in [0.25, 0.3) is 0 Å². The monoisotopic (exact) mass is 297 g/mol. The molecular weight excluding hydrogens is 279 g/mol. The first-order chi connectivity index (χ1) is 9.38. The molecule has 2 rings (SSSR count). The highest BCUT2D eigenvalue weighted by molar-refractivity contribution is 7.72. The van der Waals surface area contributed by atoms with E-state index in [9.17, 15) is 13.4 Å². The quantitative estimate of drug-likeness (QED) is 0.868. The molecule has 4 nitrogen and oxygen atoms in total. The first-order valence-electron chi connectivity index (χ1n) is 6.61. The fraction of sp³-hybridized carbons (Fsp3) is 0.500. The summed E-state index contributed by atoms with van der Waals surface area (Å²) in [5.74, 6) is -0.365. The Morgan fingerprint density at radius 3 is 2.65 bits per heavy atom. The predicted molar refractivity (Wildman–Crippen MR) is 75.8 cm³/mol. The zero-order chi connectivity index (χ0) is 14.9. The van der Waals surface area contributed by atoms with E-state index in [0.717, 1.165) is 29.5 Å². The lowest BCUT2D eigenvalue weighted by molar-refractivity contribution is -0.117. The van der Waals surface area contributed by atoms with Crippen LogP contribution in [0.2, 0.25) is 0 Å². The second-order valence-corrected chi connectivity index (χ2v) is 6.16. The topological polar surface area (TPSA) is 72.5 Å². The molecule has 0 aliphatic heterocycles. The van der Waals surface area contributed by atoms with E-state index in [1.54, 1.807) is 0 Å². The van der Waals surface area contributed by atoms with Crippen molar-refractivity contribution >= 4 is 16.7 Å². The van der Waals surface area contributed by atoms with Crippen LogP contribution < -0.4 is 5.14 Å². The highest BCUT2D eigenvalue weighted by Gasteiger charge is 2.28. The molecule has 0 bridgehead atoms. The molecule has 20 heavy (non-hydrogen) atoms. The second kappa shape index (κ2) is 6.01. The van der Waals surface area contributed by atoms with Crippen molar-refractivity contribution < 1.29 is 13.4 Å². The Labute approximate surface area is 119 Å². The minimum Gasteiger partial charge on any atom is -0.430 e. The molecule has 1 aromatic carbocycles. The zero-order valence-corrected chi connectivity index (χ0v) is 12.4. The van der Waals surface area contributed by atoms with E-state index in [4.69, 9.17) is 5.14 Å². The summed E-state index contributed by atoms with van der Waals surface area (Å²) in [6, 6.07) is 2.98. The van der Waals surface area contributed by atoms with Gasteiger partial charge in [-0.2, -0.15) is 0 Å². The van der Waals surface area contributed by atoms with Crippen LogP contribution in [0, 0.1) is 5.82 Å². The molecular formula is C14H18FN2O2S-. The maximum atomic E-state index is 13.7. The van der Waals surface area contributed by atoms with Gasteiger partial charge in [0.15, 0.2) is 0 Å². The summed E-state index contributed by atoms with van der Waals surface area (Å²) in [4.78, 5) is 11.7. The molecule has 1 fully saturated rings. The third-order valence-corrected chi connectivity index (χ3v) is 3.83. The van der Waals surface area contributed by atoms with Gasteiger partial charge in [0.2, 0.25) is 5.91 Å². The van der Waals surface area contributed by atoms with Crippen LogP contribution in [0.4, 0.5) is 4.39 Å². The summed E-state index contributed by atoms with van der Waals surface area (Å²) in [7, 11) is -1.99. The summed E-state index contributed by atoms with van der Waals surface area (Å²) >= 11 is 0. The molecule has 1 aliphatic carbocycles. The van der Waals surface area contributed by atoms with Gasteiger partial charge < -0.3 is 13.7 Å². The fourth-order valence-electron chi connectivity index (χ4n) is 2.44. The molecule has 1 aromatic rings. The Morgan fingerprint density at radius 1 is 1.50 bits per heavy atom.